The molecule has 4 nitrogen and oxygen atoms in total. The summed E-state index contributed by atoms with van der Waals surface area (Å²) in [6.07, 6.45) is 4.13. The molecule has 1 N–H and O–H groups in total. The number of rotatable bonds is 4. The molecule has 0 radical (unpaired) electrons. The van der Waals surface area contributed by atoms with Gasteiger partial charge in [0.2, 0.25) is 0 Å². The third-order valence-electron chi connectivity index (χ3n) is 4.46. The fourth-order valence-electron chi connectivity index (χ4n) is 3.17. The Balaban J connectivity index is 2.06. The molecular weight excluding hydrogens is 354 g/mol. The highest BCUT2D eigenvalue weighted by molar-refractivity contribution is 9.11. The van der Waals surface area contributed by atoms with Crippen LogP contribution >= 0.6 is 27.3 Å². The maximum atomic E-state index is 11.9. The van der Waals surface area contributed by atoms with E-state index in [4.69, 9.17) is 4.74 Å². The molecule has 1 fully saturated rings. The van der Waals surface area contributed by atoms with Gasteiger partial charge < -0.3 is 9.84 Å². The molecule has 0 spiro atoms. The van der Waals surface area contributed by atoms with Crippen LogP contribution in [0.5, 0.6) is 0 Å². The van der Waals surface area contributed by atoms with Crippen molar-refractivity contribution in [2.45, 2.75) is 45.6 Å². The van der Waals surface area contributed by atoms with Crippen LogP contribution in [-0.4, -0.2) is 22.7 Å². The highest BCUT2D eigenvalue weighted by Crippen LogP contribution is 2.44. The average molecular weight is 376 g/mol. The summed E-state index contributed by atoms with van der Waals surface area (Å²) in [6.45, 7) is 6.16. The molecule has 1 saturated carbocycles. The van der Waals surface area contributed by atoms with E-state index in [2.05, 4.69) is 27.8 Å². The number of ether oxygens (including phenoxy) is 1. The lowest BCUT2D eigenvalue weighted by atomic mass is 9.69. The number of thiazole rings is 1. The van der Waals surface area contributed by atoms with E-state index in [1.54, 1.807) is 6.20 Å². The van der Waals surface area contributed by atoms with Crippen LogP contribution in [0.25, 0.3) is 0 Å². The van der Waals surface area contributed by atoms with Crippen molar-refractivity contribution in [2.75, 3.05) is 6.61 Å². The second-order valence-electron chi connectivity index (χ2n) is 5.96. The predicted octanol–water partition coefficient (Wildman–Crippen LogP) is 3.73. The highest BCUT2D eigenvalue weighted by atomic mass is 79.9. The number of aromatic nitrogens is 1. The molecule has 0 aliphatic heterocycles. The van der Waals surface area contributed by atoms with E-state index in [9.17, 15) is 9.90 Å². The number of nitrogens with zero attached hydrogens (tertiary/aromatic N) is 1. The third-order valence-corrected chi connectivity index (χ3v) is 6.17. The van der Waals surface area contributed by atoms with Crippen molar-refractivity contribution in [2.24, 2.45) is 17.8 Å². The summed E-state index contributed by atoms with van der Waals surface area (Å²) in [5.74, 6) is 0.203. The van der Waals surface area contributed by atoms with Gasteiger partial charge >= 0.3 is 5.97 Å². The van der Waals surface area contributed by atoms with Crippen molar-refractivity contribution < 1.29 is 14.6 Å². The molecule has 0 saturated heterocycles. The summed E-state index contributed by atoms with van der Waals surface area (Å²) < 4.78 is 6.06. The molecule has 0 amide bonds. The van der Waals surface area contributed by atoms with Gasteiger partial charge in [0.15, 0.2) is 0 Å². The number of hydrogen-bond donors (Lipinski definition) is 1. The first-order valence-electron chi connectivity index (χ1n) is 7.37. The van der Waals surface area contributed by atoms with E-state index in [-0.39, 0.29) is 23.7 Å². The first-order chi connectivity index (χ1) is 9.86. The molecule has 4 atom stereocenters. The quantitative estimate of drug-likeness (QED) is 0.814. The Kier molecular flexibility index (Phi) is 5.43. The molecule has 1 heterocycles. The Morgan fingerprint density at radius 1 is 1.62 bits per heavy atom. The first kappa shape index (κ1) is 16.9. The minimum Gasteiger partial charge on any atom is -0.466 e. The SMILES string of the molecule is CCOC(=O)[C@H]1CC[C@H]([C@](C)(O)c2ncc(Br)s2)C[C@H]1C. The number of halogens is 1. The zero-order valence-corrected chi connectivity index (χ0v) is 15.0. The summed E-state index contributed by atoms with van der Waals surface area (Å²) in [5, 5.41) is 11.6. The van der Waals surface area contributed by atoms with Crippen molar-refractivity contribution in [1.82, 2.24) is 4.98 Å². The van der Waals surface area contributed by atoms with Gasteiger partial charge in [0.25, 0.3) is 0 Å². The molecule has 0 unspecified atom stereocenters. The molecule has 2 rings (SSSR count). The maximum absolute atomic E-state index is 11.9. The Labute approximate surface area is 138 Å². The fourth-order valence-corrected chi connectivity index (χ4v) is 4.50. The maximum Gasteiger partial charge on any atom is 0.309 e. The van der Waals surface area contributed by atoms with Crippen LogP contribution in [-0.2, 0) is 15.1 Å². The van der Waals surface area contributed by atoms with Gasteiger partial charge in [0, 0.05) is 0 Å². The summed E-state index contributed by atoms with van der Waals surface area (Å²) in [4.78, 5) is 16.2. The van der Waals surface area contributed by atoms with E-state index in [0.29, 0.717) is 6.61 Å². The summed E-state index contributed by atoms with van der Waals surface area (Å²) >= 11 is 4.86. The lowest BCUT2D eigenvalue weighted by molar-refractivity contribution is -0.153. The summed E-state index contributed by atoms with van der Waals surface area (Å²) in [7, 11) is 0. The zero-order chi connectivity index (χ0) is 15.6. The minimum absolute atomic E-state index is 0.0416. The van der Waals surface area contributed by atoms with Crippen LogP contribution < -0.4 is 0 Å². The largest absolute Gasteiger partial charge is 0.466 e. The molecule has 0 aromatic carbocycles. The molecular formula is C15H22BrNO3S. The van der Waals surface area contributed by atoms with E-state index in [1.165, 1.54) is 11.3 Å². The Bertz CT molecular complexity index is 503. The first-order valence-corrected chi connectivity index (χ1v) is 8.98. The smallest absolute Gasteiger partial charge is 0.309 e. The minimum atomic E-state index is -0.940. The van der Waals surface area contributed by atoms with E-state index in [1.807, 2.05) is 13.8 Å². The van der Waals surface area contributed by atoms with E-state index in [0.717, 1.165) is 28.1 Å². The van der Waals surface area contributed by atoms with Crippen LogP contribution in [0.4, 0.5) is 0 Å². The lowest BCUT2D eigenvalue weighted by Gasteiger charge is -2.39. The Morgan fingerprint density at radius 3 is 2.86 bits per heavy atom. The van der Waals surface area contributed by atoms with Gasteiger partial charge in [-0.2, -0.15) is 0 Å². The lowest BCUT2D eigenvalue weighted by Crippen LogP contribution is -2.39. The van der Waals surface area contributed by atoms with Crippen molar-refractivity contribution in [1.29, 1.82) is 0 Å². The van der Waals surface area contributed by atoms with Gasteiger partial charge in [-0.1, -0.05) is 6.92 Å². The average Bonchev–Trinajstić information content (AvgIpc) is 2.86. The fraction of sp³-hybridized carbons (Fsp3) is 0.733. The molecule has 118 valence electrons. The van der Waals surface area contributed by atoms with E-state index < -0.39 is 5.60 Å². The second kappa shape index (κ2) is 6.75. The van der Waals surface area contributed by atoms with E-state index >= 15 is 0 Å². The molecule has 0 bridgehead atoms. The number of carbonyl (C=O) groups excluding carboxylic acids is 1. The zero-order valence-electron chi connectivity index (χ0n) is 12.6. The van der Waals surface area contributed by atoms with Crippen LogP contribution in [0.15, 0.2) is 9.98 Å². The summed E-state index contributed by atoms with van der Waals surface area (Å²) in [6, 6.07) is 0. The standard InChI is InChI=1S/C15H22BrNO3S/c1-4-20-13(18)11-6-5-10(7-9(11)2)15(3,19)14-17-8-12(16)21-14/h8-11,19H,4-7H2,1-3H3/t9-,10+,11+,15+/m1/s1. The van der Waals surface area contributed by atoms with Gasteiger partial charge in [0.05, 0.1) is 22.5 Å². The summed E-state index contributed by atoms with van der Waals surface area (Å²) in [5.41, 5.74) is -0.940. The highest BCUT2D eigenvalue weighted by Gasteiger charge is 2.43. The van der Waals surface area contributed by atoms with Gasteiger partial charge in [-0.05, 0) is 60.9 Å². The van der Waals surface area contributed by atoms with Crippen molar-refractivity contribution in [3.05, 3.63) is 15.0 Å². The van der Waals surface area contributed by atoms with Crippen LogP contribution in [0, 0.1) is 17.8 Å². The Hall–Kier alpha value is -0.460. The van der Waals surface area contributed by atoms with Crippen molar-refractivity contribution >= 4 is 33.2 Å². The number of carbonyl (C=O) groups is 1. The van der Waals surface area contributed by atoms with Crippen molar-refractivity contribution in [3.63, 3.8) is 0 Å². The molecule has 1 aliphatic rings. The Morgan fingerprint density at radius 2 is 2.33 bits per heavy atom. The van der Waals surface area contributed by atoms with Gasteiger partial charge in [-0.25, -0.2) is 4.98 Å². The molecule has 1 aliphatic carbocycles. The second-order valence-corrected chi connectivity index (χ2v) is 8.37. The third kappa shape index (κ3) is 3.66. The predicted molar refractivity (Wildman–Crippen MR) is 86.0 cm³/mol. The molecule has 6 heteroatoms. The number of hydrogen-bond acceptors (Lipinski definition) is 5. The monoisotopic (exact) mass is 375 g/mol. The molecule has 1 aromatic rings. The number of aliphatic hydroxyl groups is 1. The van der Waals surface area contributed by atoms with Crippen molar-refractivity contribution in [3.8, 4) is 0 Å². The topological polar surface area (TPSA) is 59.4 Å². The van der Waals surface area contributed by atoms with Crippen LogP contribution in [0.2, 0.25) is 0 Å². The number of esters is 1. The van der Waals surface area contributed by atoms with Gasteiger partial charge in [0.1, 0.15) is 10.6 Å². The van der Waals surface area contributed by atoms with Gasteiger partial charge in [-0.3, -0.25) is 4.79 Å². The normalized spacial score (nSPS) is 28.9. The molecule has 21 heavy (non-hydrogen) atoms. The van der Waals surface area contributed by atoms with Crippen LogP contribution in [0.3, 0.4) is 0 Å². The van der Waals surface area contributed by atoms with Crippen LogP contribution in [0.1, 0.15) is 45.0 Å². The molecule has 1 aromatic heterocycles. The van der Waals surface area contributed by atoms with Gasteiger partial charge in [-0.15, -0.1) is 11.3 Å².